The Morgan fingerprint density at radius 1 is 1.10 bits per heavy atom. The Hall–Kier alpha value is -2.82. The lowest BCUT2D eigenvalue weighted by molar-refractivity contribution is -0.120. The van der Waals surface area contributed by atoms with Crippen LogP contribution in [0.25, 0.3) is 11.5 Å². The van der Waals surface area contributed by atoms with Crippen LogP contribution >= 0.6 is 0 Å². The summed E-state index contributed by atoms with van der Waals surface area (Å²) in [6.07, 6.45) is 3.26. The third kappa shape index (κ3) is 3.39. The Morgan fingerprint density at radius 3 is 2.71 bits per heavy atom. The van der Waals surface area contributed by atoms with Crippen LogP contribution in [0.3, 0.4) is 0 Å². The van der Waals surface area contributed by atoms with Crippen molar-refractivity contribution in [3.05, 3.63) is 66.4 Å². The van der Waals surface area contributed by atoms with Gasteiger partial charge in [-0.25, -0.2) is 4.98 Å². The average molecular weight is 282 g/mol. The summed E-state index contributed by atoms with van der Waals surface area (Å²) in [5.41, 5.74) is 1.49. The van der Waals surface area contributed by atoms with Gasteiger partial charge in [-0.2, -0.15) is 0 Å². The van der Waals surface area contributed by atoms with Gasteiger partial charge in [0.05, 0.1) is 24.9 Å². The van der Waals surface area contributed by atoms with E-state index in [0.29, 0.717) is 23.9 Å². The number of carbonyl (C=O) groups is 1. The van der Waals surface area contributed by atoms with Crippen LogP contribution in [0.1, 0.15) is 11.5 Å². The number of hydrogen-bond acceptors (Lipinski definition) is 4. The lowest BCUT2D eigenvalue weighted by atomic mass is 10.2. The molecule has 5 nitrogen and oxygen atoms in total. The SMILES string of the molecule is O=C(Cc1coc(-c2ccccc2)n1)NCc1ccco1. The molecule has 1 N–H and O–H groups in total. The van der Waals surface area contributed by atoms with Crippen molar-refractivity contribution in [3.8, 4) is 11.5 Å². The van der Waals surface area contributed by atoms with Gasteiger partial charge in [0.1, 0.15) is 12.0 Å². The number of oxazole rings is 1. The molecule has 0 unspecified atom stereocenters. The summed E-state index contributed by atoms with van der Waals surface area (Å²) in [5.74, 6) is 1.11. The van der Waals surface area contributed by atoms with E-state index in [9.17, 15) is 4.79 Å². The zero-order chi connectivity index (χ0) is 14.5. The van der Waals surface area contributed by atoms with E-state index in [2.05, 4.69) is 10.3 Å². The van der Waals surface area contributed by atoms with E-state index in [4.69, 9.17) is 8.83 Å². The van der Waals surface area contributed by atoms with Crippen LogP contribution in [-0.2, 0) is 17.8 Å². The molecule has 3 rings (SSSR count). The van der Waals surface area contributed by atoms with E-state index < -0.39 is 0 Å². The Labute approximate surface area is 121 Å². The molecule has 0 fully saturated rings. The molecule has 2 aromatic heterocycles. The molecule has 1 aromatic carbocycles. The van der Waals surface area contributed by atoms with Gasteiger partial charge >= 0.3 is 0 Å². The number of benzene rings is 1. The smallest absolute Gasteiger partial charge is 0.226 e. The van der Waals surface area contributed by atoms with Crippen molar-refractivity contribution >= 4 is 5.91 Å². The fourth-order valence-electron chi connectivity index (χ4n) is 1.93. The minimum atomic E-state index is -0.126. The number of amides is 1. The lowest BCUT2D eigenvalue weighted by Gasteiger charge is -2.00. The second-order valence-electron chi connectivity index (χ2n) is 4.54. The third-order valence-electron chi connectivity index (χ3n) is 2.95. The van der Waals surface area contributed by atoms with Gasteiger partial charge in [-0.3, -0.25) is 4.79 Å². The molecule has 2 heterocycles. The molecular formula is C16H14N2O3. The van der Waals surface area contributed by atoms with Crippen molar-refractivity contribution in [1.29, 1.82) is 0 Å². The summed E-state index contributed by atoms with van der Waals surface area (Å²) in [5, 5.41) is 2.77. The first-order valence-corrected chi connectivity index (χ1v) is 6.60. The predicted octanol–water partition coefficient (Wildman–Crippen LogP) is 2.79. The molecule has 0 aliphatic carbocycles. The maximum atomic E-state index is 11.8. The highest BCUT2D eigenvalue weighted by molar-refractivity contribution is 5.78. The summed E-state index contributed by atoms with van der Waals surface area (Å²) in [4.78, 5) is 16.1. The minimum absolute atomic E-state index is 0.126. The number of carbonyl (C=O) groups excluding carboxylic acids is 1. The second-order valence-corrected chi connectivity index (χ2v) is 4.54. The number of rotatable bonds is 5. The van der Waals surface area contributed by atoms with E-state index in [1.165, 1.54) is 6.26 Å². The first kappa shape index (κ1) is 13.2. The third-order valence-corrected chi connectivity index (χ3v) is 2.95. The molecule has 0 radical (unpaired) electrons. The van der Waals surface area contributed by atoms with Gasteiger partial charge in [0.15, 0.2) is 0 Å². The van der Waals surface area contributed by atoms with E-state index in [0.717, 1.165) is 5.56 Å². The van der Waals surface area contributed by atoms with Crippen LogP contribution < -0.4 is 5.32 Å². The Bertz CT molecular complexity index is 702. The standard InChI is InChI=1S/C16H14N2O3/c19-15(17-10-14-7-4-8-20-14)9-13-11-21-16(18-13)12-5-2-1-3-6-12/h1-8,11H,9-10H2,(H,17,19). The molecule has 0 aliphatic heterocycles. The molecule has 0 saturated heterocycles. The Kier molecular flexibility index (Phi) is 3.82. The van der Waals surface area contributed by atoms with E-state index in [1.54, 1.807) is 12.3 Å². The maximum absolute atomic E-state index is 11.8. The largest absolute Gasteiger partial charge is 0.467 e. The van der Waals surface area contributed by atoms with Gasteiger partial charge in [-0.15, -0.1) is 0 Å². The normalized spacial score (nSPS) is 10.5. The zero-order valence-corrected chi connectivity index (χ0v) is 11.3. The fourth-order valence-corrected chi connectivity index (χ4v) is 1.93. The van der Waals surface area contributed by atoms with Gasteiger partial charge in [0.2, 0.25) is 11.8 Å². The number of nitrogens with zero attached hydrogens (tertiary/aromatic N) is 1. The zero-order valence-electron chi connectivity index (χ0n) is 11.3. The van der Waals surface area contributed by atoms with Crippen LogP contribution in [0.15, 0.2) is 63.8 Å². The van der Waals surface area contributed by atoms with Gasteiger partial charge < -0.3 is 14.2 Å². The van der Waals surface area contributed by atoms with Crippen molar-refractivity contribution in [2.45, 2.75) is 13.0 Å². The molecule has 21 heavy (non-hydrogen) atoms. The number of nitrogens with one attached hydrogen (secondary N) is 1. The fraction of sp³-hybridized carbons (Fsp3) is 0.125. The summed E-state index contributed by atoms with van der Waals surface area (Å²) in [6, 6.07) is 13.2. The second kappa shape index (κ2) is 6.09. The molecule has 106 valence electrons. The first-order chi connectivity index (χ1) is 10.3. The van der Waals surface area contributed by atoms with Crippen LogP contribution in [0.2, 0.25) is 0 Å². The van der Waals surface area contributed by atoms with Crippen molar-refractivity contribution in [1.82, 2.24) is 10.3 Å². The average Bonchev–Trinajstić information content (AvgIpc) is 3.17. The van der Waals surface area contributed by atoms with Crippen LogP contribution in [0.5, 0.6) is 0 Å². The molecule has 0 atom stereocenters. The number of furan rings is 1. The van der Waals surface area contributed by atoms with Crippen LogP contribution in [-0.4, -0.2) is 10.9 Å². The Morgan fingerprint density at radius 2 is 1.95 bits per heavy atom. The summed E-state index contributed by atoms with van der Waals surface area (Å²) < 4.78 is 10.5. The highest BCUT2D eigenvalue weighted by atomic mass is 16.3. The maximum Gasteiger partial charge on any atom is 0.226 e. The number of hydrogen-bond donors (Lipinski definition) is 1. The minimum Gasteiger partial charge on any atom is -0.467 e. The van der Waals surface area contributed by atoms with Crippen molar-refractivity contribution in [3.63, 3.8) is 0 Å². The van der Waals surface area contributed by atoms with Crippen molar-refractivity contribution < 1.29 is 13.6 Å². The summed E-state index contributed by atoms with van der Waals surface area (Å²) in [6.45, 7) is 0.370. The van der Waals surface area contributed by atoms with E-state index in [1.807, 2.05) is 36.4 Å². The van der Waals surface area contributed by atoms with E-state index >= 15 is 0 Å². The van der Waals surface area contributed by atoms with Crippen molar-refractivity contribution in [2.75, 3.05) is 0 Å². The van der Waals surface area contributed by atoms with Gasteiger partial charge in [0.25, 0.3) is 0 Å². The summed E-state index contributed by atoms with van der Waals surface area (Å²) in [7, 11) is 0. The first-order valence-electron chi connectivity index (χ1n) is 6.60. The topological polar surface area (TPSA) is 68.3 Å². The van der Waals surface area contributed by atoms with Crippen LogP contribution in [0, 0.1) is 0 Å². The van der Waals surface area contributed by atoms with E-state index in [-0.39, 0.29) is 12.3 Å². The quantitative estimate of drug-likeness (QED) is 0.781. The summed E-state index contributed by atoms with van der Waals surface area (Å²) >= 11 is 0. The predicted molar refractivity (Wildman–Crippen MR) is 76.2 cm³/mol. The number of aromatic nitrogens is 1. The molecule has 3 aromatic rings. The van der Waals surface area contributed by atoms with Gasteiger partial charge in [-0.05, 0) is 24.3 Å². The molecule has 1 amide bonds. The molecule has 0 aliphatic rings. The van der Waals surface area contributed by atoms with Gasteiger partial charge in [-0.1, -0.05) is 18.2 Å². The molecule has 0 spiro atoms. The highest BCUT2D eigenvalue weighted by Gasteiger charge is 2.10. The molecule has 5 heteroatoms. The molecule has 0 saturated carbocycles. The Balaban J connectivity index is 1.58. The lowest BCUT2D eigenvalue weighted by Crippen LogP contribution is -2.24. The molecule has 0 bridgehead atoms. The molecular weight excluding hydrogens is 268 g/mol. The van der Waals surface area contributed by atoms with Gasteiger partial charge in [0, 0.05) is 5.56 Å². The van der Waals surface area contributed by atoms with Crippen LogP contribution in [0.4, 0.5) is 0 Å². The highest BCUT2D eigenvalue weighted by Crippen LogP contribution is 2.18. The van der Waals surface area contributed by atoms with Crippen molar-refractivity contribution in [2.24, 2.45) is 0 Å². The monoisotopic (exact) mass is 282 g/mol.